The van der Waals surface area contributed by atoms with Crippen LogP contribution in [0.3, 0.4) is 0 Å². The zero-order chi connectivity index (χ0) is 18.9. The van der Waals surface area contributed by atoms with Crippen molar-refractivity contribution >= 4 is 24.0 Å². The first-order chi connectivity index (χ1) is 13.0. The summed E-state index contributed by atoms with van der Waals surface area (Å²) in [6.07, 6.45) is 2.97. The molecule has 1 N–H and O–H groups in total. The number of hydrogen-bond acceptors (Lipinski definition) is 6. The Labute approximate surface area is 175 Å². The summed E-state index contributed by atoms with van der Waals surface area (Å²) in [6, 6.07) is 11.7. The topological polar surface area (TPSA) is 75.3 Å². The zero-order valence-corrected chi connectivity index (χ0v) is 17.1. The lowest BCUT2D eigenvalue weighted by molar-refractivity contribution is -0.0295. The van der Waals surface area contributed by atoms with Crippen LogP contribution >= 0.6 is 24.0 Å². The maximum atomic E-state index is 11.0. The van der Waals surface area contributed by atoms with Gasteiger partial charge in [0.15, 0.2) is 0 Å². The lowest BCUT2D eigenvalue weighted by Crippen LogP contribution is -2.42. The molecule has 1 aromatic carbocycles. The van der Waals surface area contributed by atoms with Crippen molar-refractivity contribution in [1.29, 1.82) is 0 Å². The zero-order valence-electron chi connectivity index (χ0n) is 15.5. The van der Waals surface area contributed by atoms with E-state index in [1.165, 1.54) is 0 Å². The SMILES string of the molecule is Cc1cccc(C2(O)CCN(Cc3nc(-c4cccnc4Cl)no3)CC2)c1.Cl. The predicted molar refractivity (Wildman–Crippen MR) is 109 cm³/mol. The first-order valence-electron chi connectivity index (χ1n) is 8.99. The lowest BCUT2D eigenvalue weighted by Gasteiger charge is -2.38. The summed E-state index contributed by atoms with van der Waals surface area (Å²) >= 11 is 6.09. The van der Waals surface area contributed by atoms with Crippen LogP contribution < -0.4 is 0 Å². The van der Waals surface area contributed by atoms with Crippen molar-refractivity contribution in [3.05, 3.63) is 64.8 Å². The number of likely N-dealkylation sites (tertiary alicyclic amines) is 1. The molecule has 0 unspecified atom stereocenters. The Morgan fingerprint density at radius 1 is 1.21 bits per heavy atom. The summed E-state index contributed by atoms with van der Waals surface area (Å²) in [5.41, 5.74) is 2.04. The second-order valence-corrected chi connectivity index (χ2v) is 7.39. The maximum absolute atomic E-state index is 11.0. The van der Waals surface area contributed by atoms with Gasteiger partial charge < -0.3 is 9.63 Å². The highest BCUT2D eigenvalue weighted by molar-refractivity contribution is 6.31. The number of pyridine rings is 1. The first kappa shape index (κ1) is 20.7. The fourth-order valence-electron chi connectivity index (χ4n) is 3.48. The molecule has 0 atom stereocenters. The van der Waals surface area contributed by atoms with Gasteiger partial charge in [-0.3, -0.25) is 4.90 Å². The van der Waals surface area contributed by atoms with Crippen molar-refractivity contribution in [1.82, 2.24) is 20.0 Å². The number of aromatic nitrogens is 3. The molecule has 2 aromatic heterocycles. The fourth-order valence-corrected chi connectivity index (χ4v) is 3.68. The second kappa shape index (κ2) is 8.57. The van der Waals surface area contributed by atoms with Crippen molar-refractivity contribution < 1.29 is 9.63 Å². The molecule has 3 heterocycles. The minimum atomic E-state index is -0.772. The molecule has 8 heteroatoms. The molecule has 0 spiro atoms. The Bertz CT molecular complexity index is 939. The Morgan fingerprint density at radius 3 is 2.71 bits per heavy atom. The number of aliphatic hydroxyl groups is 1. The van der Waals surface area contributed by atoms with Crippen LogP contribution in [0.4, 0.5) is 0 Å². The summed E-state index contributed by atoms with van der Waals surface area (Å²) in [6.45, 7) is 4.12. The molecule has 4 rings (SSSR count). The van der Waals surface area contributed by atoms with Gasteiger partial charge in [0, 0.05) is 19.3 Å². The molecular formula is C20H22Cl2N4O2. The van der Waals surface area contributed by atoms with Crippen LogP contribution in [0.25, 0.3) is 11.4 Å². The van der Waals surface area contributed by atoms with Crippen LogP contribution in [0.1, 0.15) is 29.9 Å². The molecule has 28 heavy (non-hydrogen) atoms. The molecule has 0 bridgehead atoms. The second-order valence-electron chi connectivity index (χ2n) is 7.03. The first-order valence-corrected chi connectivity index (χ1v) is 9.37. The van der Waals surface area contributed by atoms with E-state index in [2.05, 4.69) is 26.1 Å². The highest BCUT2D eigenvalue weighted by Crippen LogP contribution is 2.33. The minimum Gasteiger partial charge on any atom is -0.385 e. The molecule has 3 aromatic rings. The molecule has 0 saturated carbocycles. The number of aryl methyl sites for hydroxylation is 1. The molecule has 1 aliphatic heterocycles. The van der Waals surface area contributed by atoms with Gasteiger partial charge in [0.1, 0.15) is 5.15 Å². The van der Waals surface area contributed by atoms with Gasteiger partial charge in [0.2, 0.25) is 11.7 Å². The number of nitrogens with zero attached hydrogens (tertiary/aromatic N) is 4. The van der Waals surface area contributed by atoms with Crippen molar-refractivity contribution in [2.45, 2.75) is 31.9 Å². The van der Waals surface area contributed by atoms with E-state index in [0.717, 1.165) is 24.2 Å². The van der Waals surface area contributed by atoms with Crippen LogP contribution in [0.15, 0.2) is 47.1 Å². The number of piperidine rings is 1. The predicted octanol–water partition coefficient (Wildman–Crippen LogP) is 4.00. The molecule has 148 valence electrons. The highest BCUT2D eigenvalue weighted by atomic mass is 35.5. The minimum absolute atomic E-state index is 0. The standard InChI is InChI=1S/C20H21ClN4O2.ClH/c1-14-4-2-5-15(12-14)20(26)7-10-25(11-8-20)13-17-23-19(24-27-17)16-6-3-9-22-18(16)21;/h2-6,9,12,26H,7-8,10-11,13H2,1H3;1H. The van der Waals surface area contributed by atoms with E-state index in [1.54, 1.807) is 12.3 Å². The molecule has 1 aliphatic rings. The number of hydrogen-bond donors (Lipinski definition) is 1. The lowest BCUT2D eigenvalue weighted by atomic mass is 9.84. The summed E-state index contributed by atoms with van der Waals surface area (Å²) in [5, 5.41) is 15.4. The Kier molecular flexibility index (Phi) is 6.35. The normalized spacial score (nSPS) is 16.5. The fraction of sp³-hybridized carbons (Fsp3) is 0.350. The van der Waals surface area contributed by atoms with Crippen molar-refractivity contribution in [3.8, 4) is 11.4 Å². The third-order valence-corrected chi connectivity index (χ3v) is 5.37. The molecule has 1 saturated heterocycles. The quantitative estimate of drug-likeness (QED) is 0.642. The van der Waals surface area contributed by atoms with E-state index >= 15 is 0 Å². The maximum Gasteiger partial charge on any atom is 0.241 e. The van der Waals surface area contributed by atoms with Gasteiger partial charge >= 0.3 is 0 Å². The Morgan fingerprint density at radius 2 is 2.00 bits per heavy atom. The van der Waals surface area contributed by atoms with Crippen LogP contribution in [0, 0.1) is 6.92 Å². The van der Waals surface area contributed by atoms with Gasteiger partial charge in [-0.05, 0) is 37.5 Å². The summed E-state index contributed by atoms with van der Waals surface area (Å²) in [5.74, 6) is 0.974. The average molecular weight is 421 g/mol. The van der Waals surface area contributed by atoms with Crippen molar-refractivity contribution in [2.75, 3.05) is 13.1 Å². The molecule has 0 radical (unpaired) electrons. The van der Waals surface area contributed by atoms with E-state index < -0.39 is 5.60 Å². The third kappa shape index (κ3) is 4.36. The van der Waals surface area contributed by atoms with Crippen LogP contribution in [0.5, 0.6) is 0 Å². The molecule has 6 nitrogen and oxygen atoms in total. The van der Waals surface area contributed by atoms with Crippen LogP contribution in [-0.2, 0) is 12.1 Å². The van der Waals surface area contributed by atoms with Crippen LogP contribution in [-0.4, -0.2) is 38.2 Å². The highest BCUT2D eigenvalue weighted by Gasteiger charge is 2.34. The van der Waals surface area contributed by atoms with E-state index in [4.69, 9.17) is 16.1 Å². The monoisotopic (exact) mass is 420 g/mol. The Balaban J connectivity index is 0.00000225. The average Bonchev–Trinajstić information content (AvgIpc) is 3.12. The number of rotatable bonds is 4. The van der Waals surface area contributed by atoms with Gasteiger partial charge in [-0.15, -0.1) is 12.4 Å². The molecule has 0 aliphatic carbocycles. The van der Waals surface area contributed by atoms with Gasteiger partial charge in [-0.25, -0.2) is 4.98 Å². The molecule has 0 amide bonds. The van der Waals surface area contributed by atoms with Gasteiger partial charge in [-0.1, -0.05) is 46.6 Å². The van der Waals surface area contributed by atoms with E-state index in [1.807, 2.05) is 31.2 Å². The summed E-state index contributed by atoms with van der Waals surface area (Å²) in [4.78, 5) is 10.7. The third-order valence-electron chi connectivity index (χ3n) is 5.07. The smallest absolute Gasteiger partial charge is 0.241 e. The van der Waals surface area contributed by atoms with Gasteiger partial charge in [-0.2, -0.15) is 4.98 Å². The summed E-state index contributed by atoms with van der Waals surface area (Å²) in [7, 11) is 0. The molecular weight excluding hydrogens is 399 g/mol. The van der Waals surface area contributed by atoms with Crippen LogP contribution in [0.2, 0.25) is 5.15 Å². The Hall–Kier alpha value is -1.99. The van der Waals surface area contributed by atoms with E-state index in [-0.39, 0.29) is 12.4 Å². The van der Waals surface area contributed by atoms with E-state index in [9.17, 15) is 5.11 Å². The number of benzene rings is 1. The van der Waals surface area contributed by atoms with E-state index in [0.29, 0.717) is 41.8 Å². The largest absolute Gasteiger partial charge is 0.385 e. The number of halogens is 2. The van der Waals surface area contributed by atoms with Gasteiger partial charge in [0.05, 0.1) is 17.7 Å². The summed E-state index contributed by atoms with van der Waals surface area (Å²) < 4.78 is 5.38. The van der Waals surface area contributed by atoms with Gasteiger partial charge in [0.25, 0.3) is 0 Å². The van der Waals surface area contributed by atoms with Crippen molar-refractivity contribution in [2.24, 2.45) is 0 Å². The van der Waals surface area contributed by atoms with Crippen molar-refractivity contribution in [3.63, 3.8) is 0 Å². The molecule has 1 fully saturated rings.